The van der Waals surface area contributed by atoms with Crippen LogP contribution in [0.5, 0.6) is 0 Å². The number of carbonyl (C=O) groups excluding carboxylic acids is 1. The van der Waals surface area contributed by atoms with E-state index in [9.17, 15) is 18.0 Å². The van der Waals surface area contributed by atoms with Crippen LogP contribution >= 0.6 is 0 Å². The number of alkyl halides is 3. The third-order valence-corrected chi connectivity index (χ3v) is 4.21. The van der Waals surface area contributed by atoms with Gasteiger partial charge < -0.3 is 16.0 Å². The van der Waals surface area contributed by atoms with Crippen LogP contribution in [0.1, 0.15) is 44.6 Å². The number of rotatable bonds is 5. The number of amides is 1. The van der Waals surface area contributed by atoms with E-state index in [1.165, 1.54) is 6.07 Å². The highest BCUT2D eigenvalue weighted by atomic mass is 19.4. The van der Waals surface area contributed by atoms with Crippen LogP contribution in [0.25, 0.3) is 0 Å². The lowest BCUT2D eigenvalue weighted by Crippen LogP contribution is -2.36. The zero-order valence-electron chi connectivity index (χ0n) is 13.8. The summed E-state index contributed by atoms with van der Waals surface area (Å²) in [4.78, 5) is 14.2. The van der Waals surface area contributed by atoms with E-state index in [0.717, 1.165) is 50.9 Å². The van der Waals surface area contributed by atoms with E-state index in [1.54, 1.807) is 0 Å². The zero-order chi connectivity index (χ0) is 17.7. The van der Waals surface area contributed by atoms with E-state index in [-0.39, 0.29) is 5.69 Å². The van der Waals surface area contributed by atoms with Crippen LogP contribution in [-0.4, -0.2) is 25.0 Å². The van der Waals surface area contributed by atoms with Crippen molar-refractivity contribution in [3.05, 3.63) is 23.8 Å². The van der Waals surface area contributed by atoms with Crippen LogP contribution in [0.4, 0.5) is 24.5 Å². The molecule has 1 aliphatic heterocycles. The molecule has 1 heterocycles. The van der Waals surface area contributed by atoms with Crippen LogP contribution in [-0.2, 0) is 11.0 Å². The molecule has 24 heavy (non-hydrogen) atoms. The van der Waals surface area contributed by atoms with Crippen molar-refractivity contribution in [1.29, 1.82) is 0 Å². The van der Waals surface area contributed by atoms with Crippen molar-refractivity contribution in [3.63, 3.8) is 0 Å². The van der Waals surface area contributed by atoms with Gasteiger partial charge in [-0.15, -0.1) is 0 Å². The normalized spacial score (nSPS) is 16.8. The average molecular weight is 343 g/mol. The Kier molecular flexibility index (Phi) is 6.10. The van der Waals surface area contributed by atoms with Crippen LogP contribution in [0.15, 0.2) is 18.2 Å². The largest absolute Gasteiger partial charge is 0.416 e. The molecule has 134 valence electrons. The predicted octanol–water partition coefficient (Wildman–Crippen LogP) is 3.76. The first kappa shape index (κ1) is 18.6. The van der Waals surface area contributed by atoms with Gasteiger partial charge in [-0.25, -0.2) is 0 Å². The standard InChI is InChI=1S/C17H24F3N3O/c1-2-6-13(21)16(24)22-14-11-12(17(18,19)20)7-8-15(14)23-9-4-3-5-10-23/h7-8,11,13H,2-6,9-10,21H2,1H3,(H,22,24). The van der Waals surface area contributed by atoms with Gasteiger partial charge >= 0.3 is 6.18 Å². The van der Waals surface area contributed by atoms with Crippen molar-refractivity contribution in [2.45, 2.75) is 51.2 Å². The molecule has 1 amide bonds. The van der Waals surface area contributed by atoms with Gasteiger partial charge in [-0.1, -0.05) is 13.3 Å². The molecule has 1 atom stereocenters. The number of hydrogen-bond donors (Lipinski definition) is 2. The van der Waals surface area contributed by atoms with Gasteiger partial charge in [0.15, 0.2) is 0 Å². The molecular weight excluding hydrogens is 319 g/mol. The first-order valence-electron chi connectivity index (χ1n) is 8.35. The molecule has 0 radical (unpaired) electrons. The van der Waals surface area contributed by atoms with Gasteiger partial charge in [0.2, 0.25) is 5.91 Å². The Morgan fingerprint density at radius 3 is 2.54 bits per heavy atom. The molecule has 0 aliphatic carbocycles. The fourth-order valence-electron chi connectivity index (χ4n) is 2.89. The molecule has 0 spiro atoms. The predicted molar refractivity (Wildman–Crippen MR) is 89.0 cm³/mol. The molecule has 1 fully saturated rings. The second-order valence-electron chi connectivity index (χ2n) is 6.16. The third kappa shape index (κ3) is 4.63. The van der Waals surface area contributed by atoms with Crippen molar-refractivity contribution in [2.75, 3.05) is 23.3 Å². The first-order chi connectivity index (χ1) is 11.3. The lowest BCUT2D eigenvalue weighted by atomic mass is 10.1. The molecule has 7 heteroatoms. The van der Waals surface area contributed by atoms with Crippen LogP contribution < -0.4 is 16.0 Å². The second-order valence-corrected chi connectivity index (χ2v) is 6.16. The smallest absolute Gasteiger partial charge is 0.370 e. The minimum Gasteiger partial charge on any atom is -0.370 e. The van der Waals surface area contributed by atoms with Crippen molar-refractivity contribution in [3.8, 4) is 0 Å². The number of anilines is 2. The zero-order valence-corrected chi connectivity index (χ0v) is 13.8. The Morgan fingerprint density at radius 1 is 1.29 bits per heavy atom. The summed E-state index contributed by atoms with van der Waals surface area (Å²) >= 11 is 0. The van der Waals surface area contributed by atoms with E-state index >= 15 is 0 Å². The molecule has 1 aromatic rings. The molecule has 4 nitrogen and oxygen atoms in total. The van der Waals surface area contributed by atoms with Gasteiger partial charge in [0.05, 0.1) is 23.0 Å². The molecular formula is C17H24F3N3O. The Balaban J connectivity index is 2.30. The number of hydrogen-bond acceptors (Lipinski definition) is 3. The Morgan fingerprint density at radius 2 is 1.96 bits per heavy atom. The lowest BCUT2D eigenvalue weighted by Gasteiger charge is -2.31. The molecule has 2 rings (SSSR count). The summed E-state index contributed by atoms with van der Waals surface area (Å²) in [6.45, 7) is 3.45. The monoisotopic (exact) mass is 343 g/mol. The molecule has 0 bridgehead atoms. The van der Waals surface area contributed by atoms with Crippen LogP contribution in [0.2, 0.25) is 0 Å². The van der Waals surface area contributed by atoms with E-state index in [0.29, 0.717) is 12.1 Å². The quantitative estimate of drug-likeness (QED) is 0.856. The molecule has 1 saturated heterocycles. The van der Waals surface area contributed by atoms with Gasteiger partial charge in [-0.05, 0) is 43.9 Å². The van der Waals surface area contributed by atoms with Gasteiger partial charge in [0.25, 0.3) is 0 Å². The van der Waals surface area contributed by atoms with Gasteiger partial charge in [0, 0.05) is 13.1 Å². The Hall–Kier alpha value is -1.76. The number of halogens is 3. The molecule has 1 unspecified atom stereocenters. The lowest BCUT2D eigenvalue weighted by molar-refractivity contribution is -0.137. The maximum atomic E-state index is 13.0. The topological polar surface area (TPSA) is 58.4 Å². The fraction of sp³-hybridized carbons (Fsp3) is 0.588. The summed E-state index contributed by atoms with van der Waals surface area (Å²) in [5.74, 6) is -0.450. The fourth-order valence-corrected chi connectivity index (χ4v) is 2.89. The number of nitrogens with two attached hydrogens (primary N) is 1. The first-order valence-corrected chi connectivity index (χ1v) is 8.35. The van der Waals surface area contributed by atoms with E-state index in [4.69, 9.17) is 5.73 Å². The minimum absolute atomic E-state index is 0.184. The summed E-state index contributed by atoms with van der Waals surface area (Å²) < 4.78 is 39.0. The van der Waals surface area contributed by atoms with Gasteiger partial charge in [-0.3, -0.25) is 4.79 Å². The minimum atomic E-state index is -4.45. The van der Waals surface area contributed by atoms with E-state index in [1.807, 2.05) is 11.8 Å². The SMILES string of the molecule is CCCC(N)C(=O)Nc1cc(C(F)(F)F)ccc1N1CCCCC1. The number of benzene rings is 1. The van der Waals surface area contributed by atoms with Crippen LogP contribution in [0.3, 0.4) is 0 Å². The van der Waals surface area contributed by atoms with Crippen molar-refractivity contribution in [1.82, 2.24) is 0 Å². The summed E-state index contributed by atoms with van der Waals surface area (Å²) in [5, 5.41) is 2.60. The molecule has 0 saturated carbocycles. The molecule has 0 aromatic heterocycles. The van der Waals surface area contributed by atoms with Crippen LogP contribution in [0, 0.1) is 0 Å². The average Bonchev–Trinajstić information content (AvgIpc) is 2.55. The number of piperidine rings is 1. The van der Waals surface area contributed by atoms with Crippen molar-refractivity contribution < 1.29 is 18.0 Å². The Labute approximate surface area is 140 Å². The number of carbonyl (C=O) groups is 1. The van der Waals surface area contributed by atoms with Crippen molar-refractivity contribution >= 4 is 17.3 Å². The van der Waals surface area contributed by atoms with Crippen molar-refractivity contribution in [2.24, 2.45) is 5.73 Å². The molecule has 3 N–H and O–H groups in total. The molecule has 1 aliphatic rings. The highest BCUT2D eigenvalue weighted by Crippen LogP contribution is 2.36. The number of nitrogens with one attached hydrogen (secondary N) is 1. The second kappa shape index (κ2) is 7.88. The van der Waals surface area contributed by atoms with E-state index < -0.39 is 23.7 Å². The van der Waals surface area contributed by atoms with Gasteiger partial charge in [-0.2, -0.15) is 13.2 Å². The summed E-state index contributed by atoms with van der Waals surface area (Å²) in [6.07, 6.45) is -0.140. The highest BCUT2D eigenvalue weighted by Gasteiger charge is 2.32. The maximum absolute atomic E-state index is 13.0. The highest BCUT2D eigenvalue weighted by molar-refractivity contribution is 5.97. The maximum Gasteiger partial charge on any atom is 0.416 e. The third-order valence-electron chi connectivity index (χ3n) is 4.21. The Bertz CT molecular complexity index is 569. The summed E-state index contributed by atoms with van der Waals surface area (Å²) in [6, 6.07) is 2.78. The summed E-state index contributed by atoms with van der Waals surface area (Å²) in [5.41, 5.74) is 5.81. The summed E-state index contributed by atoms with van der Waals surface area (Å²) in [7, 11) is 0. The molecule has 1 aromatic carbocycles. The van der Waals surface area contributed by atoms with Gasteiger partial charge in [0.1, 0.15) is 0 Å². The van der Waals surface area contributed by atoms with E-state index in [2.05, 4.69) is 5.32 Å². The number of nitrogens with zero attached hydrogens (tertiary/aromatic N) is 1.